The molecule has 0 bridgehead atoms. The van der Waals surface area contributed by atoms with Crippen molar-refractivity contribution in [3.63, 3.8) is 0 Å². The predicted octanol–water partition coefficient (Wildman–Crippen LogP) is 3.73. The number of likely N-dealkylation sites (tertiary alicyclic amines) is 1. The number of hydrazone groups is 1. The molecular formula is C23H27N5OS. The first kappa shape index (κ1) is 19.5. The average molecular weight is 422 g/mol. The quantitative estimate of drug-likeness (QED) is 0.516. The molecule has 1 unspecified atom stereocenters. The Morgan fingerprint density at radius 2 is 2.07 bits per heavy atom. The first-order valence-electron chi connectivity index (χ1n) is 10.8. The lowest BCUT2D eigenvalue weighted by Crippen LogP contribution is -2.40. The van der Waals surface area contributed by atoms with E-state index in [9.17, 15) is 4.79 Å². The van der Waals surface area contributed by atoms with Gasteiger partial charge in [-0.2, -0.15) is 5.10 Å². The monoisotopic (exact) mass is 421 g/mol. The molecule has 5 rings (SSSR count). The number of carbonyl (C=O) groups excluding carboxylic acids is 1. The van der Waals surface area contributed by atoms with E-state index in [0.29, 0.717) is 0 Å². The summed E-state index contributed by atoms with van der Waals surface area (Å²) in [4.78, 5) is 22.2. The Morgan fingerprint density at radius 1 is 1.23 bits per heavy atom. The average Bonchev–Trinajstić information content (AvgIpc) is 3.31. The van der Waals surface area contributed by atoms with Crippen molar-refractivity contribution in [2.24, 2.45) is 11.0 Å². The van der Waals surface area contributed by atoms with E-state index in [1.807, 2.05) is 18.2 Å². The Labute approximate surface area is 180 Å². The van der Waals surface area contributed by atoms with Crippen LogP contribution in [0.15, 0.2) is 35.4 Å². The van der Waals surface area contributed by atoms with Crippen molar-refractivity contribution in [2.75, 3.05) is 20.1 Å². The van der Waals surface area contributed by atoms with Gasteiger partial charge >= 0.3 is 0 Å². The zero-order valence-electron chi connectivity index (χ0n) is 17.3. The van der Waals surface area contributed by atoms with Gasteiger partial charge in [-0.1, -0.05) is 30.3 Å². The van der Waals surface area contributed by atoms with Gasteiger partial charge in [-0.15, -0.1) is 11.3 Å². The van der Waals surface area contributed by atoms with E-state index in [1.54, 1.807) is 17.6 Å². The molecule has 1 saturated heterocycles. The summed E-state index contributed by atoms with van der Waals surface area (Å²) in [5, 5.41) is 4.38. The third-order valence-electron chi connectivity index (χ3n) is 6.16. The number of aryl methyl sites for hydroxylation is 2. The molecule has 1 aromatic carbocycles. The highest BCUT2D eigenvalue weighted by Gasteiger charge is 2.24. The smallest absolute Gasteiger partial charge is 0.244 e. The van der Waals surface area contributed by atoms with Crippen molar-refractivity contribution in [3.05, 3.63) is 46.6 Å². The fraction of sp³-hybridized carbons (Fsp3) is 0.435. The van der Waals surface area contributed by atoms with Gasteiger partial charge in [0, 0.05) is 22.7 Å². The number of hydrogen-bond donors (Lipinski definition) is 1. The molecule has 1 N–H and O–H groups in total. The maximum absolute atomic E-state index is 12.6. The van der Waals surface area contributed by atoms with Gasteiger partial charge in [0.2, 0.25) is 5.91 Å². The lowest BCUT2D eigenvalue weighted by molar-refractivity contribution is -0.126. The molecule has 2 aromatic heterocycles. The maximum Gasteiger partial charge on any atom is 0.244 e. The Bertz CT molecular complexity index is 1080. The number of fused-ring (bicyclic) bond motifs is 3. The second kappa shape index (κ2) is 8.32. The molecule has 30 heavy (non-hydrogen) atoms. The molecule has 1 fully saturated rings. The summed E-state index contributed by atoms with van der Waals surface area (Å²) >= 11 is 1.79. The van der Waals surface area contributed by atoms with Crippen molar-refractivity contribution >= 4 is 28.4 Å². The highest BCUT2D eigenvalue weighted by Crippen LogP contribution is 2.34. The number of nitrogens with one attached hydrogen (secondary N) is 1. The summed E-state index contributed by atoms with van der Waals surface area (Å²) in [7, 11) is 2.07. The molecule has 0 spiro atoms. The molecule has 1 aliphatic carbocycles. The molecule has 0 saturated carbocycles. The van der Waals surface area contributed by atoms with Crippen molar-refractivity contribution in [2.45, 2.75) is 38.5 Å². The number of imidazole rings is 1. The minimum absolute atomic E-state index is 0.00664. The largest absolute Gasteiger partial charge is 0.306 e. The number of carbonyl (C=O) groups is 1. The van der Waals surface area contributed by atoms with Crippen molar-refractivity contribution < 1.29 is 4.79 Å². The summed E-state index contributed by atoms with van der Waals surface area (Å²) < 4.78 is 2.26. The minimum atomic E-state index is 0.00664. The fourth-order valence-corrected chi connectivity index (χ4v) is 5.83. The van der Waals surface area contributed by atoms with Crippen LogP contribution in [-0.2, 0) is 17.6 Å². The number of amides is 1. The summed E-state index contributed by atoms with van der Waals surface area (Å²) in [5.74, 6) is 0.0148. The van der Waals surface area contributed by atoms with Crippen molar-refractivity contribution in [3.8, 4) is 11.3 Å². The van der Waals surface area contributed by atoms with Crippen LogP contribution in [0.1, 0.15) is 41.9 Å². The molecule has 2 aliphatic rings. The highest BCUT2D eigenvalue weighted by atomic mass is 32.1. The fourth-order valence-electron chi connectivity index (χ4n) is 4.62. The summed E-state index contributed by atoms with van der Waals surface area (Å²) in [6, 6.07) is 10.2. The Kier molecular flexibility index (Phi) is 5.39. The van der Waals surface area contributed by atoms with Gasteiger partial charge in [-0.3, -0.25) is 9.20 Å². The van der Waals surface area contributed by atoms with E-state index >= 15 is 0 Å². The highest BCUT2D eigenvalue weighted by molar-refractivity contribution is 7.17. The number of benzene rings is 1. The summed E-state index contributed by atoms with van der Waals surface area (Å²) in [6.45, 7) is 1.86. The van der Waals surface area contributed by atoms with Crippen LogP contribution in [0.3, 0.4) is 0 Å². The lowest BCUT2D eigenvalue weighted by Gasteiger charge is -2.28. The van der Waals surface area contributed by atoms with E-state index in [0.717, 1.165) is 60.7 Å². The van der Waals surface area contributed by atoms with Crippen LogP contribution < -0.4 is 5.43 Å². The Hall–Kier alpha value is -2.51. The van der Waals surface area contributed by atoms with Crippen LogP contribution in [0.25, 0.3) is 16.2 Å². The Morgan fingerprint density at radius 3 is 2.90 bits per heavy atom. The number of nitrogens with zero attached hydrogens (tertiary/aromatic N) is 4. The molecule has 3 aromatic rings. The summed E-state index contributed by atoms with van der Waals surface area (Å²) in [6.07, 6.45) is 8.43. The van der Waals surface area contributed by atoms with E-state index in [2.05, 4.69) is 39.0 Å². The zero-order chi connectivity index (χ0) is 20.5. The first-order chi connectivity index (χ1) is 14.7. The van der Waals surface area contributed by atoms with Crippen LogP contribution in [0.2, 0.25) is 0 Å². The molecule has 7 heteroatoms. The van der Waals surface area contributed by atoms with Gasteiger partial charge in [0.15, 0.2) is 4.96 Å². The Balaban J connectivity index is 1.47. The second-order valence-electron chi connectivity index (χ2n) is 8.34. The SMILES string of the molecule is CN1CCCC(C(=O)NN=Cc2c(-c3ccccc3)nc3sc4c(n23)CCCC4)C1. The van der Waals surface area contributed by atoms with Crippen LogP contribution in [0, 0.1) is 5.92 Å². The van der Waals surface area contributed by atoms with E-state index in [4.69, 9.17) is 4.98 Å². The normalized spacial score (nSPS) is 20.0. The first-order valence-corrected chi connectivity index (χ1v) is 11.6. The molecule has 3 heterocycles. The number of rotatable bonds is 4. The van der Waals surface area contributed by atoms with Gasteiger partial charge < -0.3 is 4.90 Å². The minimum Gasteiger partial charge on any atom is -0.306 e. The van der Waals surface area contributed by atoms with E-state index in [-0.39, 0.29) is 11.8 Å². The second-order valence-corrected chi connectivity index (χ2v) is 9.41. The third kappa shape index (κ3) is 3.68. The standard InChI is InChI=1S/C23H27N5OS/c1-27-13-7-10-17(15-27)22(29)26-24-14-19-21(16-8-3-2-4-9-16)25-23-28(19)18-11-5-6-12-20(18)30-23/h2-4,8-9,14,17H,5-7,10-13,15H2,1H3,(H,26,29). The van der Waals surface area contributed by atoms with Crippen LogP contribution in [-0.4, -0.2) is 46.5 Å². The molecule has 1 aliphatic heterocycles. The van der Waals surface area contributed by atoms with Crippen LogP contribution in [0.5, 0.6) is 0 Å². The maximum atomic E-state index is 12.6. The molecule has 0 radical (unpaired) electrons. The van der Waals surface area contributed by atoms with Gasteiger partial charge in [0.05, 0.1) is 23.5 Å². The van der Waals surface area contributed by atoms with Crippen LogP contribution in [0.4, 0.5) is 0 Å². The molecule has 6 nitrogen and oxygen atoms in total. The number of aromatic nitrogens is 2. The topological polar surface area (TPSA) is 62.0 Å². The number of hydrogen-bond acceptors (Lipinski definition) is 5. The third-order valence-corrected chi connectivity index (χ3v) is 7.30. The number of thiazole rings is 1. The van der Waals surface area contributed by atoms with Crippen molar-refractivity contribution in [1.29, 1.82) is 0 Å². The van der Waals surface area contributed by atoms with Crippen LogP contribution >= 0.6 is 11.3 Å². The van der Waals surface area contributed by atoms with E-state index in [1.165, 1.54) is 23.4 Å². The zero-order valence-corrected chi connectivity index (χ0v) is 18.1. The van der Waals surface area contributed by atoms with Gasteiger partial charge in [0.25, 0.3) is 0 Å². The van der Waals surface area contributed by atoms with Crippen molar-refractivity contribution in [1.82, 2.24) is 19.7 Å². The van der Waals surface area contributed by atoms with Gasteiger partial charge in [0.1, 0.15) is 0 Å². The predicted molar refractivity (Wildman–Crippen MR) is 121 cm³/mol. The molecule has 1 atom stereocenters. The molecule has 1 amide bonds. The van der Waals surface area contributed by atoms with E-state index < -0.39 is 0 Å². The summed E-state index contributed by atoms with van der Waals surface area (Å²) in [5.41, 5.74) is 7.10. The molecule has 156 valence electrons. The number of piperidine rings is 1. The molecular weight excluding hydrogens is 394 g/mol. The lowest BCUT2D eigenvalue weighted by atomic mass is 9.98. The van der Waals surface area contributed by atoms with Gasteiger partial charge in [-0.05, 0) is 52.1 Å². The van der Waals surface area contributed by atoms with Gasteiger partial charge in [-0.25, -0.2) is 10.4 Å².